The molecule has 200 valence electrons. The number of piperidine rings is 1. The molecule has 2 bridgehead atoms. The van der Waals surface area contributed by atoms with Gasteiger partial charge in [0.1, 0.15) is 17.2 Å². The van der Waals surface area contributed by atoms with Crippen LogP contribution in [0.1, 0.15) is 34.0 Å². The maximum Gasteiger partial charge on any atom is 0.270 e. The number of hydrogen-bond acceptors (Lipinski definition) is 5. The largest absolute Gasteiger partial charge is 0.497 e. The van der Waals surface area contributed by atoms with Crippen molar-refractivity contribution in [2.45, 2.75) is 18.9 Å². The third-order valence-electron chi connectivity index (χ3n) is 7.26. The molecular weight excluding hydrogens is 494 g/mol. The number of amides is 2. The van der Waals surface area contributed by atoms with E-state index in [0.29, 0.717) is 36.7 Å². The van der Waals surface area contributed by atoms with Crippen LogP contribution >= 0.6 is 0 Å². The molecule has 2 atom stereocenters. The molecule has 3 aromatic rings. The minimum atomic E-state index is -0.409. The first kappa shape index (κ1) is 26.0. The van der Waals surface area contributed by atoms with Gasteiger partial charge in [-0.25, -0.2) is 0 Å². The summed E-state index contributed by atoms with van der Waals surface area (Å²) in [7, 11) is 3.14. The number of methoxy groups -OCH3 is 2. The summed E-state index contributed by atoms with van der Waals surface area (Å²) in [6.07, 6.45) is 6.11. The zero-order chi connectivity index (χ0) is 27.4. The fraction of sp³-hybridized carbons (Fsp3) is 0.258. The van der Waals surface area contributed by atoms with E-state index >= 15 is 0 Å². The second-order valence-corrected chi connectivity index (χ2v) is 9.78. The fourth-order valence-electron chi connectivity index (χ4n) is 5.41. The number of likely N-dealkylation sites (tertiary alicyclic amines) is 1. The van der Waals surface area contributed by atoms with Gasteiger partial charge in [-0.05, 0) is 48.7 Å². The summed E-state index contributed by atoms with van der Waals surface area (Å²) in [5, 5.41) is 2.83. The van der Waals surface area contributed by atoms with Crippen LogP contribution in [-0.2, 0) is 11.3 Å². The van der Waals surface area contributed by atoms with Crippen molar-refractivity contribution >= 4 is 17.9 Å². The monoisotopic (exact) mass is 525 g/mol. The highest BCUT2D eigenvalue weighted by Gasteiger charge is 2.37. The van der Waals surface area contributed by atoms with E-state index in [1.807, 2.05) is 41.0 Å². The summed E-state index contributed by atoms with van der Waals surface area (Å²) in [4.78, 5) is 41.2. The van der Waals surface area contributed by atoms with Crippen LogP contribution in [0.25, 0.3) is 6.08 Å². The SMILES string of the molecule is COc1cccc(C(=O)NC(=CC=Cc2ccccc2OC)C(=O)N2CC3CC(C2)c2cccc(=O)n2C3)c1. The van der Waals surface area contributed by atoms with Gasteiger partial charge in [0.2, 0.25) is 0 Å². The Bertz CT molecular complexity index is 1510. The zero-order valence-corrected chi connectivity index (χ0v) is 22.0. The first-order valence-electron chi connectivity index (χ1n) is 12.9. The number of benzene rings is 2. The van der Waals surface area contributed by atoms with Crippen LogP contribution in [0.2, 0.25) is 0 Å². The highest BCUT2D eigenvalue weighted by Crippen LogP contribution is 2.35. The number of hydrogen-bond donors (Lipinski definition) is 1. The normalized spacial score (nSPS) is 18.4. The zero-order valence-electron chi connectivity index (χ0n) is 22.0. The molecule has 1 fully saturated rings. The number of carbonyl (C=O) groups is 2. The van der Waals surface area contributed by atoms with Gasteiger partial charge in [0.25, 0.3) is 17.4 Å². The Labute approximate surface area is 227 Å². The summed E-state index contributed by atoms with van der Waals surface area (Å²) < 4.78 is 12.5. The lowest BCUT2D eigenvalue weighted by molar-refractivity contribution is -0.130. The third kappa shape index (κ3) is 5.65. The van der Waals surface area contributed by atoms with Gasteiger partial charge in [-0.2, -0.15) is 0 Å². The highest BCUT2D eigenvalue weighted by molar-refractivity contribution is 6.03. The summed E-state index contributed by atoms with van der Waals surface area (Å²) >= 11 is 0. The summed E-state index contributed by atoms with van der Waals surface area (Å²) in [5.74, 6) is 0.807. The van der Waals surface area contributed by atoms with Gasteiger partial charge in [0.05, 0.1) is 14.2 Å². The molecule has 0 radical (unpaired) electrons. The van der Waals surface area contributed by atoms with Gasteiger partial charge >= 0.3 is 0 Å². The van der Waals surface area contributed by atoms with E-state index in [-0.39, 0.29) is 29.0 Å². The number of pyridine rings is 1. The number of nitrogens with one attached hydrogen (secondary N) is 1. The standard InChI is InChI=1S/C31H31N3O5/c1-38-25-11-5-10-23(17-25)30(36)32-26(12-6-9-22-8-3-4-14-28(22)39-2)31(37)33-18-21-16-24(20-33)27-13-7-15-29(35)34(27)19-21/h3-15,17,21,24H,16,18-20H2,1-2H3,(H,32,36). The lowest BCUT2D eigenvalue weighted by Gasteiger charge is -2.42. The number of nitrogens with zero attached hydrogens (tertiary/aromatic N) is 2. The second-order valence-electron chi connectivity index (χ2n) is 9.78. The number of carbonyl (C=O) groups excluding carboxylic acids is 2. The minimum Gasteiger partial charge on any atom is -0.497 e. The predicted octanol–water partition coefficient (Wildman–Crippen LogP) is 3.84. The van der Waals surface area contributed by atoms with Gasteiger partial charge in [-0.3, -0.25) is 14.4 Å². The lowest BCUT2D eigenvalue weighted by atomic mass is 9.83. The molecule has 0 saturated carbocycles. The quantitative estimate of drug-likeness (QED) is 0.374. The van der Waals surface area contributed by atoms with Gasteiger partial charge in [0, 0.05) is 48.4 Å². The molecule has 0 spiro atoms. The smallest absolute Gasteiger partial charge is 0.270 e. The van der Waals surface area contributed by atoms with E-state index < -0.39 is 5.91 Å². The van der Waals surface area contributed by atoms with E-state index in [2.05, 4.69) is 5.32 Å². The molecule has 1 saturated heterocycles. The van der Waals surface area contributed by atoms with Crippen LogP contribution in [-0.4, -0.2) is 48.6 Å². The maximum absolute atomic E-state index is 13.9. The Balaban J connectivity index is 1.43. The molecule has 2 aliphatic heterocycles. The molecule has 2 unspecified atom stereocenters. The molecule has 1 N–H and O–H groups in total. The second kappa shape index (κ2) is 11.4. The first-order chi connectivity index (χ1) is 19.0. The summed E-state index contributed by atoms with van der Waals surface area (Å²) in [6.45, 7) is 1.57. The van der Waals surface area contributed by atoms with Crippen molar-refractivity contribution in [2.24, 2.45) is 5.92 Å². The average molecular weight is 526 g/mol. The molecule has 39 heavy (non-hydrogen) atoms. The number of para-hydroxylation sites is 1. The Morgan fingerprint density at radius 3 is 2.59 bits per heavy atom. The number of ether oxygens (including phenoxy) is 2. The van der Waals surface area contributed by atoms with Gasteiger partial charge in [0.15, 0.2) is 0 Å². The lowest BCUT2D eigenvalue weighted by Crippen LogP contribution is -2.50. The van der Waals surface area contributed by atoms with Crippen molar-refractivity contribution in [3.05, 3.63) is 112 Å². The molecule has 0 aliphatic carbocycles. The van der Waals surface area contributed by atoms with Crippen molar-refractivity contribution in [3.63, 3.8) is 0 Å². The average Bonchev–Trinajstić information content (AvgIpc) is 2.97. The third-order valence-corrected chi connectivity index (χ3v) is 7.26. The van der Waals surface area contributed by atoms with Crippen LogP contribution in [0.4, 0.5) is 0 Å². The van der Waals surface area contributed by atoms with Crippen LogP contribution < -0.4 is 20.3 Å². The molecule has 2 aromatic carbocycles. The molecule has 5 rings (SSSR count). The molecule has 8 nitrogen and oxygen atoms in total. The number of aromatic nitrogens is 1. The van der Waals surface area contributed by atoms with E-state index in [4.69, 9.17) is 9.47 Å². The fourth-order valence-corrected chi connectivity index (χ4v) is 5.41. The molecule has 1 aromatic heterocycles. The van der Waals surface area contributed by atoms with E-state index in [1.54, 1.807) is 60.6 Å². The molecular formula is C31H31N3O5. The van der Waals surface area contributed by atoms with Crippen LogP contribution in [0.15, 0.2) is 89.4 Å². The van der Waals surface area contributed by atoms with E-state index in [1.165, 1.54) is 7.11 Å². The van der Waals surface area contributed by atoms with Crippen LogP contribution in [0.5, 0.6) is 11.5 Å². The number of fused-ring (bicyclic) bond motifs is 4. The maximum atomic E-state index is 13.9. The van der Waals surface area contributed by atoms with Crippen molar-refractivity contribution in [1.29, 1.82) is 0 Å². The molecule has 3 heterocycles. The van der Waals surface area contributed by atoms with Crippen molar-refractivity contribution in [1.82, 2.24) is 14.8 Å². The Morgan fingerprint density at radius 2 is 1.77 bits per heavy atom. The molecule has 2 amide bonds. The predicted molar refractivity (Wildman–Crippen MR) is 149 cm³/mol. The van der Waals surface area contributed by atoms with Crippen molar-refractivity contribution in [2.75, 3.05) is 27.3 Å². The van der Waals surface area contributed by atoms with Gasteiger partial charge < -0.3 is 24.3 Å². The van der Waals surface area contributed by atoms with E-state index in [9.17, 15) is 14.4 Å². The Morgan fingerprint density at radius 1 is 0.949 bits per heavy atom. The van der Waals surface area contributed by atoms with E-state index in [0.717, 1.165) is 17.7 Å². The van der Waals surface area contributed by atoms with Gasteiger partial charge in [-0.15, -0.1) is 0 Å². The topological polar surface area (TPSA) is 89.9 Å². The highest BCUT2D eigenvalue weighted by atomic mass is 16.5. The minimum absolute atomic E-state index is 0.00501. The first-order valence-corrected chi connectivity index (χ1v) is 12.9. The van der Waals surface area contributed by atoms with Crippen molar-refractivity contribution < 1.29 is 19.1 Å². The van der Waals surface area contributed by atoms with Crippen LogP contribution in [0.3, 0.4) is 0 Å². The van der Waals surface area contributed by atoms with Crippen molar-refractivity contribution in [3.8, 4) is 11.5 Å². The Kier molecular flexibility index (Phi) is 7.63. The molecule has 8 heteroatoms. The number of allylic oxidation sites excluding steroid dienone is 2. The number of rotatable bonds is 7. The van der Waals surface area contributed by atoms with Gasteiger partial charge in [-0.1, -0.05) is 42.5 Å². The molecule has 2 aliphatic rings. The summed E-state index contributed by atoms with van der Waals surface area (Å²) in [6, 6.07) is 19.7. The Hall–Kier alpha value is -4.59. The summed E-state index contributed by atoms with van der Waals surface area (Å²) in [5.41, 5.74) is 2.34. The van der Waals surface area contributed by atoms with Crippen LogP contribution in [0, 0.1) is 5.92 Å².